The molecule has 0 bridgehead atoms. The quantitative estimate of drug-likeness (QED) is 0.502. The molecular weight excluding hydrogens is 204 g/mol. The first-order valence-electron chi connectivity index (χ1n) is 7.24. The molecule has 0 spiro atoms. The van der Waals surface area contributed by atoms with E-state index in [4.69, 9.17) is 0 Å². The van der Waals surface area contributed by atoms with Gasteiger partial charge in [-0.15, -0.1) is 0 Å². The van der Waals surface area contributed by atoms with Crippen LogP contribution in [0.1, 0.15) is 63.0 Å². The molecule has 0 N–H and O–H groups in total. The minimum absolute atomic E-state index is 1.08. The number of hydrogen-bond acceptors (Lipinski definition) is 0. The van der Waals surface area contributed by atoms with E-state index >= 15 is 0 Å². The fourth-order valence-electron chi connectivity index (χ4n) is 2.13. The standard InChI is InChI=1S/C17H27/c1-3-5-7-9-11-17-14-12-16(13-15-17)10-8-6-4-2/h12-15H,1,3-11H2,2H3. The Kier molecular flexibility index (Phi) is 7.79. The SMILES string of the molecule is [CH2]CCCCCc1ccc(CCCCC)cc1. The van der Waals surface area contributed by atoms with Crippen molar-refractivity contribution in [1.29, 1.82) is 0 Å². The Balaban J connectivity index is 2.24. The molecule has 0 saturated carbocycles. The summed E-state index contributed by atoms with van der Waals surface area (Å²) in [5, 5.41) is 0. The van der Waals surface area contributed by atoms with E-state index < -0.39 is 0 Å². The van der Waals surface area contributed by atoms with Crippen molar-refractivity contribution in [2.45, 2.75) is 64.7 Å². The van der Waals surface area contributed by atoms with Gasteiger partial charge in [0.15, 0.2) is 0 Å². The van der Waals surface area contributed by atoms with Crippen molar-refractivity contribution < 1.29 is 0 Å². The van der Waals surface area contributed by atoms with Crippen LogP contribution >= 0.6 is 0 Å². The summed E-state index contributed by atoms with van der Waals surface area (Å²) in [6.07, 6.45) is 11.5. The number of unbranched alkanes of at least 4 members (excludes halogenated alkanes) is 5. The van der Waals surface area contributed by atoms with Gasteiger partial charge in [-0.05, 0) is 36.8 Å². The maximum atomic E-state index is 3.88. The van der Waals surface area contributed by atoms with Crippen molar-refractivity contribution in [2.75, 3.05) is 0 Å². The Bertz CT molecular complexity index is 271. The maximum Gasteiger partial charge on any atom is -0.0279 e. The molecular formula is C17H27. The van der Waals surface area contributed by atoms with E-state index in [0.717, 1.165) is 6.42 Å². The van der Waals surface area contributed by atoms with E-state index in [-0.39, 0.29) is 0 Å². The number of hydrogen-bond donors (Lipinski definition) is 0. The summed E-state index contributed by atoms with van der Waals surface area (Å²) in [5.41, 5.74) is 2.99. The highest BCUT2D eigenvalue weighted by Gasteiger charge is 1.96. The largest absolute Gasteiger partial charge is 0.0654 e. The van der Waals surface area contributed by atoms with Gasteiger partial charge < -0.3 is 0 Å². The molecule has 0 fully saturated rings. The van der Waals surface area contributed by atoms with Gasteiger partial charge in [-0.1, -0.05) is 70.2 Å². The Morgan fingerprint density at radius 3 is 1.76 bits per heavy atom. The molecule has 1 rings (SSSR count). The van der Waals surface area contributed by atoms with Crippen molar-refractivity contribution in [2.24, 2.45) is 0 Å². The average Bonchev–Trinajstić information content (AvgIpc) is 2.37. The highest BCUT2D eigenvalue weighted by atomic mass is 14.0. The molecule has 0 aliphatic carbocycles. The van der Waals surface area contributed by atoms with E-state index in [1.54, 1.807) is 0 Å². The number of aryl methyl sites for hydroxylation is 2. The van der Waals surface area contributed by atoms with Crippen LogP contribution in [-0.4, -0.2) is 0 Å². The third-order valence-electron chi connectivity index (χ3n) is 3.31. The van der Waals surface area contributed by atoms with Crippen molar-refractivity contribution in [3.63, 3.8) is 0 Å². The molecule has 1 aromatic carbocycles. The molecule has 0 heterocycles. The van der Waals surface area contributed by atoms with Gasteiger partial charge in [0.25, 0.3) is 0 Å². The van der Waals surface area contributed by atoms with Gasteiger partial charge >= 0.3 is 0 Å². The van der Waals surface area contributed by atoms with E-state index in [0.29, 0.717) is 0 Å². The molecule has 0 aliphatic heterocycles. The van der Waals surface area contributed by atoms with Gasteiger partial charge in [0.2, 0.25) is 0 Å². The summed E-state index contributed by atoms with van der Waals surface area (Å²) in [5.74, 6) is 0. The Morgan fingerprint density at radius 2 is 1.29 bits per heavy atom. The van der Waals surface area contributed by atoms with Crippen molar-refractivity contribution in [1.82, 2.24) is 0 Å². The van der Waals surface area contributed by atoms with Gasteiger partial charge in [0, 0.05) is 0 Å². The monoisotopic (exact) mass is 231 g/mol. The average molecular weight is 231 g/mol. The predicted octanol–water partition coefficient (Wildman–Crippen LogP) is 5.36. The molecule has 1 aromatic rings. The fraction of sp³-hybridized carbons (Fsp3) is 0.588. The van der Waals surface area contributed by atoms with Crippen LogP contribution < -0.4 is 0 Å². The van der Waals surface area contributed by atoms with Crippen LogP contribution in [0.2, 0.25) is 0 Å². The van der Waals surface area contributed by atoms with Gasteiger partial charge in [0.05, 0.1) is 0 Å². The van der Waals surface area contributed by atoms with Crippen LogP contribution in [-0.2, 0) is 12.8 Å². The Labute approximate surface area is 107 Å². The molecule has 0 saturated heterocycles. The molecule has 95 valence electrons. The van der Waals surface area contributed by atoms with Crippen molar-refractivity contribution >= 4 is 0 Å². The van der Waals surface area contributed by atoms with Gasteiger partial charge in [-0.3, -0.25) is 0 Å². The van der Waals surface area contributed by atoms with Crippen LogP contribution in [0.15, 0.2) is 24.3 Å². The highest BCUT2D eigenvalue weighted by molar-refractivity contribution is 5.22. The summed E-state index contributed by atoms with van der Waals surface area (Å²) < 4.78 is 0. The molecule has 0 atom stereocenters. The molecule has 0 heteroatoms. The summed E-state index contributed by atoms with van der Waals surface area (Å²) in [7, 11) is 0. The lowest BCUT2D eigenvalue weighted by atomic mass is 10.0. The normalized spacial score (nSPS) is 10.7. The molecule has 0 nitrogen and oxygen atoms in total. The molecule has 0 amide bonds. The number of benzene rings is 1. The second kappa shape index (κ2) is 9.27. The van der Waals surface area contributed by atoms with Crippen molar-refractivity contribution in [3.05, 3.63) is 42.3 Å². The molecule has 0 aromatic heterocycles. The first-order chi connectivity index (χ1) is 8.36. The second-order valence-electron chi connectivity index (χ2n) is 4.94. The minimum atomic E-state index is 1.08. The molecule has 17 heavy (non-hydrogen) atoms. The van der Waals surface area contributed by atoms with E-state index in [1.807, 2.05) is 0 Å². The third-order valence-corrected chi connectivity index (χ3v) is 3.31. The minimum Gasteiger partial charge on any atom is -0.0654 e. The topological polar surface area (TPSA) is 0 Å². The fourth-order valence-corrected chi connectivity index (χ4v) is 2.13. The maximum absolute atomic E-state index is 3.88. The highest BCUT2D eigenvalue weighted by Crippen LogP contribution is 2.11. The summed E-state index contributed by atoms with van der Waals surface area (Å²) in [6.45, 7) is 6.14. The smallest absolute Gasteiger partial charge is 0.0279 e. The first kappa shape index (κ1) is 14.3. The zero-order valence-corrected chi connectivity index (χ0v) is 11.4. The zero-order valence-electron chi connectivity index (χ0n) is 11.4. The van der Waals surface area contributed by atoms with E-state index in [2.05, 4.69) is 38.1 Å². The van der Waals surface area contributed by atoms with Crippen molar-refractivity contribution in [3.8, 4) is 0 Å². The summed E-state index contributed by atoms with van der Waals surface area (Å²) in [4.78, 5) is 0. The van der Waals surface area contributed by atoms with Crippen LogP contribution in [0, 0.1) is 6.92 Å². The zero-order chi connectivity index (χ0) is 12.3. The van der Waals surface area contributed by atoms with Gasteiger partial charge in [-0.25, -0.2) is 0 Å². The summed E-state index contributed by atoms with van der Waals surface area (Å²) in [6, 6.07) is 9.25. The van der Waals surface area contributed by atoms with E-state index in [1.165, 1.54) is 62.5 Å². The first-order valence-corrected chi connectivity index (χ1v) is 7.24. The Hall–Kier alpha value is -0.780. The molecule has 0 aliphatic rings. The lowest BCUT2D eigenvalue weighted by Crippen LogP contribution is -1.89. The van der Waals surface area contributed by atoms with Crippen LogP contribution in [0.4, 0.5) is 0 Å². The van der Waals surface area contributed by atoms with Crippen LogP contribution in [0.3, 0.4) is 0 Å². The van der Waals surface area contributed by atoms with Crippen LogP contribution in [0.25, 0.3) is 0 Å². The predicted molar refractivity (Wildman–Crippen MR) is 77.2 cm³/mol. The third kappa shape index (κ3) is 6.51. The summed E-state index contributed by atoms with van der Waals surface area (Å²) >= 11 is 0. The second-order valence-corrected chi connectivity index (χ2v) is 4.94. The molecule has 0 unspecified atom stereocenters. The van der Waals surface area contributed by atoms with Gasteiger partial charge in [0.1, 0.15) is 0 Å². The van der Waals surface area contributed by atoms with Crippen LogP contribution in [0.5, 0.6) is 0 Å². The van der Waals surface area contributed by atoms with Gasteiger partial charge in [-0.2, -0.15) is 0 Å². The number of rotatable bonds is 9. The van der Waals surface area contributed by atoms with E-state index in [9.17, 15) is 0 Å². The lowest BCUT2D eigenvalue weighted by molar-refractivity contribution is 0.685. The Morgan fingerprint density at radius 1 is 0.765 bits per heavy atom. The lowest BCUT2D eigenvalue weighted by Gasteiger charge is -2.04. The molecule has 1 radical (unpaired) electrons.